The number of pyridine rings is 1. The van der Waals surface area contributed by atoms with Crippen LogP contribution in [0.2, 0.25) is 0 Å². The van der Waals surface area contributed by atoms with Gasteiger partial charge in [0, 0.05) is 38.4 Å². The fourth-order valence-corrected chi connectivity index (χ4v) is 2.26. The number of carbonyl (C=O) groups is 3. The second-order valence-electron chi connectivity index (χ2n) is 8.65. The van der Waals surface area contributed by atoms with Gasteiger partial charge in [0.1, 0.15) is 11.9 Å². The largest absolute Gasteiger partial charge is 0.460 e. The molecule has 208 valence electrons. The van der Waals surface area contributed by atoms with Gasteiger partial charge in [-0.05, 0) is 46.4 Å². The van der Waals surface area contributed by atoms with Gasteiger partial charge in [-0.2, -0.15) is 0 Å². The summed E-state index contributed by atoms with van der Waals surface area (Å²) in [6.45, 7) is 12.0. The molecule has 10 heteroatoms. The summed E-state index contributed by atoms with van der Waals surface area (Å²) in [5.41, 5.74) is -0.437. The van der Waals surface area contributed by atoms with Crippen LogP contribution in [0.4, 0.5) is 0 Å². The van der Waals surface area contributed by atoms with E-state index < -0.39 is 5.60 Å². The molecule has 0 aliphatic carbocycles. The Morgan fingerprint density at radius 3 is 1.92 bits per heavy atom. The van der Waals surface area contributed by atoms with Gasteiger partial charge < -0.3 is 34.0 Å². The van der Waals surface area contributed by atoms with Crippen molar-refractivity contribution in [2.75, 3.05) is 66.8 Å². The van der Waals surface area contributed by atoms with Crippen LogP contribution >= 0.6 is 0 Å². The van der Waals surface area contributed by atoms with Gasteiger partial charge in [-0.25, -0.2) is 0 Å². The Morgan fingerprint density at radius 2 is 1.53 bits per heavy atom. The number of amides is 1. The van der Waals surface area contributed by atoms with E-state index in [0.29, 0.717) is 46.2 Å². The molecule has 0 radical (unpaired) electrons. The van der Waals surface area contributed by atoms with Gasteiger partial charge >= 0.3 is 5.97 Å². The molecule has 1 unspecified atom stereocenters. The van der Waals surface area contributed by atoms with Crippen molar-refractivity contribution >= 4 is 18.7 Å². The van der Waals surface area contributed by atoms with E-state index in [1.807, 2.05) is 52.9 Å². The third kappa shape index (κ3) is 29.6. The quantitative estimate of drug-likeness (QED) is 0.190. The number of hydrogen-bond donors (Lipinski definition) is 1. The standard InChI is InChI=1S/C14H29NO5.C7H13NO2.C5H5N/c1-14(2,3)20-13(16)5-7-17-9-11-19-12-10-18-8-6-15-4;1-3-7(5-9)4-8(2)6-10;1-2-4-6-5-3-1/h15H,5-12H2,1-4H3;5-7H,3-4H2,1-2H3;1-5H. The molecule has 10 nitrogen and oxygen atoms in total. The molecule has 1 amide bonds. The summed E-state index contributed by atoms with van der Waals surface area (Å²) >= 11 is 0. The molecule has 0 fully saturated rings. The molecule has 36 heavy (non-hydrogen) atoms. The van der Waals surface area contributed by atoms with Crippen molar-refractivity contribution in [3.05, 3.63) is 30.6 Å². The number of rotatable bonds is 17. The first-order valence-electron chi connectivity index (χ1n) is 12.3. The smallest absolute Gasteiger partial charge is 0.308 e. The Hall–Kier alpha value is -2.40. The first-order chi connectivity index (χ1) is 17.2. The highest BCUT2D eigenvalue weighted by atomic mass is 16.6. The molecule has 0 aromatic carbocycles. The van der Waals surface area contributed by atoms with Crippen molar-refractivity contribution in [3.63, 3.8) is 0 Å². The summed E-state index contributed by atoms with van der Waals surface area (Å²) in [7, 11) is 3.55. The van der Waals surface area contributed by atoms with Crippen molar-refractivity contribution in [3.8, 4) is 0 Å². The van der Waals surface area contributed by atoms with E-state index in [2.05, 4.69) is 10.3 Å². The molecule has 1 atom stereocenters. The maximum Gasteiger partial charge on any atom is 0.308 e. The SMILES string of the molecule is CCC(C=O)CN(C)C=O.CNCCOCCOCCOCCC(=O)OC(C)(C)C.c1ccncc1. The molecule has 1 N–H and O–H groups in total. The highest BCUT2D eigenvalue weighted by Crippen LogP contribution is 2.08. The zero-order valence-corrected chi connectivity index (χ0v) is 22.9. The third-order valence-electron chi connectivity index (χ3n) is 4.10. The van der Waals surface area contributed by atoms with E-state index in [-0.39, 0.29) is 18.3 Å². The van der Waals surface area contributed by atoms with Gasteiger partial charge in [0.2, 0.25) is 6.41 Å². The Bertz CT molecular complexity index is 601. The van der Waals surface area contributed by atoms with Crippen LogP contribution in [0.15, 0.2) is 30.6 Å². The van der Waals surface area contributed by atoms with E-state index >= 15 is 0 Å². The number of aromatic nitrogens is 1. The molecule has 1 heterocycles. The Balaban J connectivity index is 0. The van der Waals surface area contributed by atoms with Gasteiger partial charge in [-0.3, -0.25) is 14.6 Å². The maximum atomic E-state index is 11.4. The molecule has 0 bridgehead atoms. The highest BCUT2D eigenvalue weighted by molar-refractivity contribution is 5.69. The predicted molar refractivity (Wildman–Crippen MR) is 140 cm³/mol. The number of hydrogen-bond acceptors (Lipinski definition) is 9. The van der Waals surface area contributed by atoms with Crippen molar-refractivity contribution in [1.29, 1.82) is 0 Å². The molecule has 1 rings (SSSR count). The lowest BCUT2D eigenvalue weighted by molar-refractivity contribution is -0.156. The van der Waals surface area contributed by atoms with Crippen LogP contribution in [0.3, 0.4) is 0 Å². The van der Waals surface area contributed by atoms with E-state index in [0.717, 1.165) is 25.7 Å². The summed E-state index contributed by atoms with van der Waals surface area (Å²) in [6.07, 6.45) is 6.18. The third-order valence-corrected chi connectivity index (χ3v) is 4.10. The zero-order chi connectivity index (χ0) is 27.5. The Kier molecular flexibility index (Phi) is 25.5. The van der Waals surface area contributed by atoms with Crippen LogP contribution in [-0.4, -0.2) is 101 Å². The molecule has 0 spiro atoms. The molecule has 1 aromatic heterocycles. The van der Waals surface area contributed by atoms with E-state index in [4.69, 9.17) is 18.9 Å². The number of nitrogens with one attached hydrogen (secondary N) is 1. The predicted octanol–water partition coefficient (Wildman–Crippen LogP) is 2.37. The summed E-state index contributed by atoms with van der Waals surface area (Å²) in [6, 6.07) is 5.72. The Morgan fingerprint density at radius 1 is 0.972 bits per heavy atom. The second kappa shape index (κ2) is 25.7. The lowest BCUT2D eigenvalue weighted by atomic mass is 10.1. The van der Waals surface area contributed by atoms with Gasteiger partial charge in [0.05, 0.1) is 46.1 Å². The number of esters is 1. The number of aldehydes is 1. The van der Waals surface area contributed by atoms with Gasteiger partial charge in [0.25, 0.3) is 0 Å². The van der Waals surface area contributed by atoms with Gasteiger partial charge in [-0.1, -0.05) is 13.0 Å². The topological polar surface area (TPSA) is 116 Å². The summed E-state index contributed by atoms with van der Waals surface area (Å²) in [5, 5.41) is 2.99. The number of carbonyl (C=O) groups excluding carboxylic acids is 3. The van der Waals surface area contributed by atoms with E-state index in [1.165, 1.54) is 4.90 Å². The first-order valence-corrected chi connectivity index (χ1v) is 12.3. The molecule has 1 aromatic rings. The maximum absolute atomic E-state index is 11.4. The lowest BCUT2D eigenvalue weighted by Crippen LogP contribution is -2.24. The van der Waals surface area contributed by atoms with Gasteiger partial charge in [0.15, 0.2) is 0 Å². The summed E-state index contributed by atoms with van der Waals surface area (Å²) in [5.74, 6) is -0.244. The van der Waals surface area contributed by atoms with Crippen LogP contribution < -0.4 is 5.32 Å². The van der Waals surface area contributed by atoms with E-state index in [1.54, 1.807) is 19.4 Å². The minimum atomic E-state index is -0.437. The van der Waals surface area contributed by atoms with Crippen molar-refractivity contribution < 1.29 is 33.3 Å². The van der Waals surface area contributed by atoms with E-state index in [9.17, 15) is 14.4 Å². The van der Waals surface area contributed by atoms with Crippen LogP contribution in [0, 0.1) is 5.92 Å². The minimum Gasteiger partial charge on any atom is -0.460 e. The first kappa shape index (κ1) is 35.8. The number of likely N-dealkylation sites (N-methyl/N-ethyl adjacent to an activating group) is 1. The summed E-state index contributed by atoms with van der Waals surface area (Å²) in [4.78, 5) is 37.0. The molecule has 0 aliphatic rings. The number of nitrogens with zero attached hydrogens (tertiary/aromatic N) is 2. The Labute approximate surface area is 217 Å². The molecular weight excluding hydrogens is 466 g/mol. The van der Waals surface area contributed by atoms with Crippen molar-refractivity contribution in [2.24, 2.45) is 5.92 Å². The fourth-order valence-electron chi connectivity index (χ4n) is 2.26. The van der Waals surface area contributed by atoms with Crippen molar-refractivity contribution in [2.45, 2.75) is 46.1 Å². The monoisotopic (exact) mass is 513 g/mol. The van der Waals surface area contributed by atoms with Gasteiger partial charge in [-0.15, -0.1) is 0 Å². The van der Waals surface area contributed by atoms with Crippen LogP contribution in [0.1, 0.15) is 40.5 Å². The van der Waals surface area contributed by atoms with Crippen molar-refractivity contribution in [1.82, 2.24) is 15.2 Å². The lowest BCUT2D eigenvalue weighted by Gasteiger charge is -2.19. The van der Waals surface area contributed by atoms with Crippen LogP contribution in [0.5, 0.6) is 0 Å². The molecular formula is C26H47N3O7. The minimum absolute atomic E-state index is 0.00444. The molecule has 0 saturated carbocycles. The summed E-state index contributed by atoms with van der Waals surface area (Å²) < 4.78 is 21.0. The number of ether oxygens (including phenoxy) is 4. The molecule has 0 aliphatic heterocycles. The molecule has 0 saturated heterocycles. The highest BCUT2D eigenvalue weighted by Gasteiger charge is 2.15. The average Bonchev–Trinajstić information content (AvgIpc) is 2.86. The zero-order valence-electron chi connectivity index (χ0n) is 22.9. The second-order valence-corrected chi connectivity index (χ2v) is 8.65. The van der Waals surface area contributed by atoms with Crippen LogP contribution in [-0.2, 0) is 33.3 Å². The fraction of sp³-hybridized carbons (Fsp3) is 0.692. The average molecular weight is 514 g/mol. The van der Waals surface area contributed by atoms with Crippen LogP contribution in [0.25, 0.3) is 0 Å². The normalized spacial score (nSPS) is 11.2.